The Morgan fingerprint density at radius 3 is 2.74 bits per heavy atom. The fourth-order valence-electron chi connectivity index (χ4n) is 1.06. The van der Waals surface area contributed by atoms with Crippen LogP contribution in [0.4, 0.5) is 13.2 Å². The summed E-state index contributed by atoms with van der Waals surface area (Å²) in [6, 6.07) is 2.51. The lowest BCUT2D eigenvalue weighted by Crippen LogP contribution is -2.05. The van der Waals surface area contributed by atoms with Crippen molar-refractivity contribution >= 4 is 23.9 Å². The van der Waals surface area contributed by atoms with Gasteiger partial charge in [0.05, 0.1) is 28.1 Å². The molecule has 1 heterocycles. The van der Waals surface area contributed by atoms with Crippen LogP contribution in [0.25, 0.3) is 6.08 Å². The normalized spacial score (nSPS) is 12.5. The van der Waals surface area contributed by atoms with Gasteiger partial charge in [-0.15, -0.1) is 0 Å². The minimum atomic E-state index is -4.52. The first-order valence-corrected chi connectivity index (χ1v) is 5.17. The summed E-state index contributed by atoms with van der Waals surface area (Å²) in [6.07, 6.45) is -1.59. The van der Waals surface area contributed by atoms with Gasteiger partial charge in [0.15, 0.2) is 0 Å². The van der Waals surface area contributed by atoms with E-state index in [0.29, 0.717) is 6.20 Å². The minimum Gasteiger partial charge on any atom is -0.399 e. The maximum Gasteiger partial charge on any atom is 0.417 e. The van der Waals surface area contributed by atoms with Crippen molar-refractivity contribution in [1.82, 2.24) is 4.98 Å². The van der Waals surface area contributed by atoms with Gasteiger partial charge in [-0.3, -0.25) is 4.98 Å². The van der Waals surface area contributed by atoms with Crippen LogP contribution in [-0.2, 0) is 11.0 Å². The van der Waals surface area contributed by atoms with Crippen LogP contribution in [0.15, 0.2) is 23.0 Å². The van der Waals surface area contributed by atoms with E-state index in [0.717, 1.165) is 12.3 Å². The van der Waals surface area contributed by atoms with Crippen LogP contribution in [0.1, 0.15) is 11.3 Å². The molecule has 0 N–H and O–H groups in total. The predicted octanol–water partition coefficient (Wildman–Crippen LogP) is 3.29. The highest BCUT2D eigenvalue weighted by molar-refractivity contribution is 6.32. The van der Waals surface area contributed by atoms with Gasteiger partial charge in [0.25, 0.3) is 0 Å². The molecule has 0 aliphatic rings. The fourth-order valence-corrected chi connectivity index (χ4v) is 1.29. The minimum absolute atomic E-state index is 0.0359. The Morgan fingerprint density at radius 1 is 1.58 bits per heavy atom. The molecule has 1 aromatic heterocycles. The van der Waals surface area contributed by atoms with Gasteiger partial charge in [-0.2, -0.15) is 18.4 Å². The van der Waals surface area contributed by atoms with Gasteiger partial charge in [-0.05, 0) is 12.1 Å². The molecule has 0 atom stereocenters. The first-order valence-electron chi connectivity index (χ1n) is 4.79. The first-order chi connectivity index (χ1) is 8.88. The van der Waals surface area contributed by atoms with Crippen LogP contribution in [0.2, 0.25) is 5.02 Å². The smallest absolute Gasteiger partial charge is 0.399 e. The van der Waals surface area contributed by atoms with Crippen LogP contribution < -0.4 is 0 Å². The van der Waals surface area contributed by atoms with Crippen LogP contribution >= 0.6 is 11.6 Å². The molecule has 19 heavy (non-hydrogen) atoms. The molecular weight excluding hydrogens is 283 g/mol. The predicted molar refractivity (Wildman–Crippen MR) is 63.3 cm³/mol. The van der Waals surface area contributed by atoms with Gasteiger partial charge in [0.2, 0.25) is 0 Å². The average molecular weight is 290 g/mol. The van der Waals surface area contributed by atoms with E-state index >= 15 is 0 Å². The van der Waals surface area contributed by atoms with E-state index in [4.69, 9.17) is 16.9 Å². The molecule has 100 valence electrons. The lowest BCUT2D eigenvalue weighted by Gasteiger charge is -2.07. The van der Waals surface area contributed by atoms with E-state index in [1.54, 1.807) is 6.07 Å². The molecule has 0 unspecified atom stereocenters. The van der Waals surface area contributed by atoms with Gasteiger partial charge in [-0.25, -0.2) is 0 Å². The summed E-state index contributed by atoms with van der Waals surface area (Å²) in [5.41, 5.74) is -0.886. The molecule has 1 rings (SSSR count). The largest absolute Gasteiger partial charge is 0.417 e. The van der Waals surface area contributed by atoms with Crippen LogP contribution in [0, 0.1) is 11.3 Å². The summed E-state index contributed by atoms with van der Waals surface area (Å²) in [6.45, 7) is 0. The van der Waals surface area contributed by atoms with E-state index in [9.17, 15) is 13.2 Å². The first kappa shape index (κ1) is 15.0. The number of hydrogen-bond donors (Lipinski definition) is 0. The molecule has 0 saturated carbocycles. The number of nitriles is 1. The zero-order valence-electron chi connectivity index (χ0n) is 9.57. The molecule has 0 aliphatic heterocycles. The summed E-state index contributed by atoms with van der Waals surface area (Å²) >= 11 is 5.68. The van der Waals surface area contributed by atoms with Crippen molar-refractivity contribution < 1.29 is 18.0 Å². The summed E-state index contributed by atoms with van der Waals surface area (Å²) < 4.78 is 37.2. The molecule has 0 saturated heterocycles. The maximum atomic E-state index is 12.4. The third-order valence-electron chi connectivity index (χ3n) is 1.92. The lowest BCUT2D eigenvalue weighted by molar-refractivity contribution is -0.137. The Labute approximate surface area is 111 Å². The van der Waals surface area contributed by atoms with E-state index in [1.165, 1.54) is 13.2 Å². The van der Waals surface area contributed by atoms with Gasteiger partial charge < -0.3 is 4.84 Å². The quantitative estimate of drug-likeness (QED) is 0.487. The standard InChI is InChI=1S/C11H7ClF3N3O/c1-19-18-5-7(4-16)2-10-9(12)3-8(6-17-10)11(13,14)15/h2-3,5-6H,1H3. The second kappa shape index (κ2) is 6.20. The van der Waals surface area contributed by atoms with Crippen molar-refractivity contribution in [2.75, 3.05) is 7.11 Å². The van der Waals surface area contributed by atoms with E-state index < -0.39 is 11.7 Å². The average Bonchev–Trinajstić information content (AvgIpc) is 2.35. The van der Waals surface area contributed by atoms with Crippen LogP contribution in [0.3, 0.4) is 0 Å². The zero-order chi connectivity index (χ0) is 14.5. The monoisotopic (exact) mass is 289 g/mol. The van der Waals surface area contributed by atoms with Gasteiger partial charge in [0.1, 0.15) is 13.2 Å². The summed E-state index contributed by atoms with van der Waals surface area (Å²) in [4.78, 5) is 7.94. The molecule has 0 fully saturated rings. The molecular formula is C11H7ClF3N3O. The third-order valence-corrected chi connectivity index (χ3v) is 2.22. The molecule has 0 radical (unpaired) electrons. The zero-order valence-corrected chi connectivity index (χ0v) is 10.3. The Bertz CT molecular complexity index is 561. The number of pyridine rings is 1. The van der Waals surface area contributed by atoms with Crippen molar-refractivity contribution in [3.63, 3.8) is 0 Å². The molecule has 0 amide bonds. The molecule has 0 spiro atoms. The number of aromatic nitrogens is 1. The van der Waals surface area contributed by atoms with Gasteiger partial charge in [0, 0.05) is 6.20 Å². The number of rotatable bonds is 3. The van der Waals surface area contributed by atoms with Crippen molar-refractivity contribution in [2.45, 2.75) is 6.18 Å². The van der Waals surface area contributed by atoms with Crippen molar-refractivity contribution in [1.29, 1.82) is 5.26 Å². The molecule has 4 nitrogen and oxygen atoms in total. The maximum absolute atomic E-state index is 12.4. The van der Waals surface area contributed by atoms with Crippen molar-refractivity contribution in [2.24, 2.45) is 5.16 Å². The molecule has 0 bridgehead atoms. The highest BCUT2D eigenvalue weighted by Gasteiger charge is 2.31. The fraction of sp³-hybridized carbons (Fsp3) is 0.182. The Morgan fingerprint density at radius 2 is 2.26 bits per heavy atom. The Balaban J connectivity index is 3.14. The second-order valence-corrected chi connectivity index (χ2v) is 3.62. The number of nitrogens with zero attached hydrogens (tertiary/aromatic N) is 3. The highest BCUT2D eigenvalue weighted by atomic mass is 35.5. The number of oxime groups is 1. The summed E-state index contributed by atoms with van der Waals surface area (Å²) in [7, 11) is 1.29. The molecule has 1 aromatic rings. The van der Waals surface area contributed by atoms with Crippen molar-refractivity contribution in [3.8, 4) is 6.07 Å². The molecule has 8 heteroatoms. The Hall–Kier alpha value is -2.07. The molecule has 0 aliphatic carbocycles. The van der Waals surface area contributed by atoms with Gasteiger partial charge in [-0.1, -0.05) is 16.8 Å². The van der Waals surface area contributed by atoms with Crippen LogP contribution in [-0.4, -0.2) is 18.3 Å². The van der Waals surface area contributed by atoms with E-state index in [1.807, 2.05) is 0 Å². The second-order valence-electron chi connectivity index (χ2n) is 3.22. The topological polar surface area (TPSA) is 58.3 Å². The third kappa shape index (κ3) is 4.26. The number of hydrogen-bond acceptors (Lipinski definition) is 4. The van der Waals surface area contributed by atoms with Gasteiger partial charge >= 0.3 is 6.18 Å². The van der Waals surface area contributed by atoms with Crippen molar-refractivity contribution in [3.05, 3.63) is 34.1 Å². The molecule has 0 aromatic carbocycles. The summed E-state index contributed by atoms with van der Waals surface area (Å²) in [5.74, 6) is 0. The summed E-state index contributed by atoms with van der Waals surface area (Å²) in [5, 5.41) is 11.9. The lowest BCUT2D eigenvalue weighted by atomic mass is 10.2. The van der Waals surface area contributed by atoms with E-state index in [-0.39, 0.29) is 16.3 Å². The highest BCUT2D eigenvalue weighted by Crippen LogP contribution is 2.31. The SMILES string of the molecule is CON=CC(C#N)=Cc1ncc(C(F)(F)F)cc1Cl. The number of allylic oxidation sites excluding steroid dienone is 1. The number of alkyl halides is 3. The van der Waals surface area contributed by atoms with E-state index in [2.05, 4.69) is 15.0 Å². The number of halogens is 4. The van der Waals surface area contributed by atoms with Crippen LogP contribution in [0.5, 0.6) is 0 Å². The Kier molecular flexibility index (Phi) is 4.89.